The molecule has 1 rings (SSSR count). The second-order valence-corrected chi connectivity index (χ2v) is 4.99. The Morgan fingerprint density at radius 1 is 1.50 bits per heavy atom. The van der Waals surface area contributed by atoms with Crippen molar-refractivity contribution in [2.75, 3.05) is 0 Å². The van der Waals surface area contributed by atoms with Crippen LogP contribution in [0.25, 0.3) is 6.08 Å². The minimum atomic E-state index is -0.770. The molecular weight excluding hydrogens is 264 g/mol. The van der Waals surface area contributed by atoms with Crippen LogP contribution in [0.3, 0.4) is 0 Å². The van der Waals surface area contributed by atoms with Gasteiger partial charge in [0.15, 0.2) is 0 Å². The molecular formula is C12H16N4O4. The summed E-state index contributed by atoms with van der Waals surface area (Å²) in [5.74, 6) is -0.0260. The van der Waals surface area contributed by atoms with E-state index in [-0.39, 0.29) is 11.3 Å². The van der Waals surface area contributed by atoms with Crippen LogP contribution in [0, 0.1) is 15.5 Å². The molecule has 1 aromatic rings. The molecule has 20 heavy (non-hydrogen) atoms. The zero-order valence-corrected chi connectivity index (χ0v) is 11.4. The number of rotatable bonds is 4. The van der Waals surface area contributed by atoms with Crippen LogP contribution >= 0.6 is 0 Å². The Morgan fingerprint density at radius 2 is 2.15 bits per heavy atom. The van der Waals surface area contributed by atoms with Crippen LogP contribution in [0.2, 0.25) is 0 Å². The molecule has 2 amide bonds. The molecule has 8 nitrogen and oxygen atoms in total. The van der Waals surface area contributed by atoms with Crippen LogP contribution in [0.5, 0.6) is 0 Å². The topological polar surface area (TPSA) is 124 Å². The lowest BCUT2D eigenvalue weighted by molar-refractivity contribution is -0.402. The SMILES string of the molecule is CC(C)(C)C(C=Cc1ccc([N+](=O)[O-])o1)=NNC(N)=O. The van der Waals surface area contributed by atoms with E-state index in [0.717, 1.165) is 0 Å². The molecule has 3 N–H and O–H groups in total. The van der Waals surface area contributed by atoms with Crippen LogP contribution in [0.15, 0.2) is 27.7 Å². The van der Waals surface area contributed by atoms with Crippen molar-refractivity contribution >= 4 is 23.7 Å². The molecule has 0 aliphatic carbocycles. The van der Waals surface area contributed by atoms with Crippen molar-refractivity contribution in [3.63, 3.8) is 0 Å². The number of carbonyl (C=O) groups excluding carboxylic acids is 1. The highest BCUT2D eigenvalue weighted by atomic mass is 16.6. The number of hydrogen-bond donors (Lipinski definition) is 2. The van der Waals surface area contributed by atoms with Gasteiger partial charge in [0.1, 0.15) is 10.7 Å². The van der Waals surface area contributed by atoms with E-state index < -0.39 is 11.0 Å². The number of nitrogens with two attached hydrogens (primary N) is 1. The van der Waals surface area contributed by atoms with Crippen molar-refractivity contribution in [2.24, 2.45) is 16.3 Å². The number of primary amides is 1. The molecule has 108 valence electrons. The standard InChI is InChI=1S/C12H16N4O4/c1-12(2,3)9(14-15-11(13)17)6-4-8-5-7-10(20-8)16(18)19/h4-7H,1-3H3,(H3,13,15,17). The normalized spacial score (nSPS) is 12.7. The number of nitrogens with one attached hydrogen (secondary N) is 1. The first-order chi connectivity index (χ1) is 9.20. The summed E-state index contributed by atoms with van der Waals surface area (Å²) in [7, 11) is 0. The van der Waals surface area contributed by atoms with Gasteiger partial charge in [0.2, 0.25) is 0 Å². The van der Waals surface area contributed by atoms with Gasteiger partial charge >= 0.3 is 11.9 Å². The Bertz CT molecular complexity index is 566. The minimum absolute atomic E-state index is 0.313. The first-order valence-electron chi connectivity index (χ1n) is 5.76. The fourth-order valence-corrected chi connectivity index (χ4v) is 1.26. The van der Waals surface area contributed by atoms with E-state index in [0.29, 0.717) is 11.5 Å². The van der Waals surface area contributed by atoms with Crippen molar-refractivity contribution in [3.05, 3.63) is 34.1 Å². The van der Waals surface area contributed by atoms with Gasteiger partial charge in [-0.3, -0.25) is 10.1 Å². The predicted molar refractivity (Wildman–Crippen MR) is 74.0 cm³/mol. The molecule has 0 aliphatic heterocycles. The van der Waals surface area contributed by atoms with Crippen LogP contribution in [0.1, 0.15) is 26.5 Å². The fourth-order valence-electron chi connectivity index (χ4n) is 1.26. The Balaban J connectivity index is 2.93. The van der Waals surface area contributed by atoms with E-state index in [1.807, 2.05) is 20.8 Å². The van der Waals surface area contributed by atoms with Gasteiger partial charge in [0.05, 0.1) is 11.8 Å². The predicted octanol–water partition coefficient (Wildman–Crippen LogP) is 2.27. The summed E-state index contributed by atoms with van der Waals surface area (Å²) in [4.78, 5) is 20.5. The molecule has 1 heterocycles. The molecule has 0 fully saturated rings. The Labute approximate surface area is 115 Å². The Hall–Kier alpha value is -2.64. The average Bonchev–Trinajstić information content (AvgIpc) is 2.75. The Morgan fingerprint density at radius 3 is 2.60 bits per heavy atom. The highest BCUT2D eigenvalue weighted by Gasteiger charge is 2.17. The monoisotopic (exact) mass is 280 g/mol. The molecule has 0 unspecified atom stereocenters. The summed E-state index contributed by atoms with van der Waals surface area (Å²) in [5, 5.41) is 14.4. The van der Waals surface area contributed by atoms with Gasteiger partial charge in [-0.2, -0.15) is 5.10 Å². The molecule has 0 aliphatic rings. The second-order valence-electron chi connectivity index (χ2n) is 4.99. The molecule has 0 bridgehead atoms. The van der Waals surface area contributed by atoms with E-state index in [2.05, 4.69) is 10.5 Å². The van der Waals surface area contributed by atoms with Gasteiger partial charge < -0.3 is 10.2 Å². The van der Waals surface area contributed by atoms with E-state index in [4.69, 9.17) is 10.2 Å². The maximum atomic E-state index is 10.7. The van der Waals surface area contributed by atoms with E-state index in [9.17, 15) is 14.9 Å². The number of hydrogen-bond acceptors (Lipinski definition) is 5. The van der Waals surface area contributed by atoms with Gasteiger partial charge in [-0.15, -0.1) is 0 Å². The van der Waals surface area contributed by atoms with Crippen LogP contribution in [0.4, 0.5) is 10.7 Å². The molecule has 0 atom stereocenters. The summed E-state index contributed by atoms with van der Waals surface area (Å²) in [6.45, 7) is 5.68. The molecule has 0 aromatic carbocycles. The van der Waals surface area contributed by atoms with Gasteiger partial charge in [-0.05, 0) is 18.2 Å². The zero-order chi connectivity index (χ0) is 15.3. The quantitative estimate of drug-likeness (QED) is 0.498. The van der Waals surface area contributed by atoms with E-state index >= 15 is 0 Å². The number of furan rings is 1. The van der Waals surface area contributed by atoms with Crippen LogP contribution < -0.4 is 11.2 Å². The largest absolute Gasteiger partial charge is 0.433 e. The second kappa shape index (κ2) is 6.00. The van der Waals surface area contributed by atoms with Gasteiger partial charge in [0.25, 0.3) is 0 Å². The minimum Gasteiger partial charge on any atom is -0.401 e. The fraction of sp³-hybridized carbons (Fsp3) is 0.333. The van der Waals surface area contributed by atoms with Gasteiger partial charge in [0, 0.05) is 5.41 Å². The summed E-state index contributed by atoms with van der Waals surface area (Å²) in [6.07, 6.45) is 3.12. The number of nitro groups is 1. The van der Waals surface area contributed by atoms with E-state index in [1.54, 1.807) is 6.08 Å². The van der Waals surface area contributed by atoms with Crippen LogP contribution in [-0.4, -0.2) is 16.7 Å². The number of amides is 2. The first kappa shape index (κ1) is 15.4. The van der Waals surface area contributed by atoms with Crippen LogP contribution in [-0.2, 0) is 0 Å². The molecule has 8 heteroatoms. The third kappa shape index (κ3) is 4.56. The number of hydrazone groups is 1. The maximum absolute atomic E-state index is 10.7. The summed E-state index contributed by atoms with van der Waals surface area (Å²) in [5.41, 5.74) is 7.29. The van der Waals surface area contributed by atoms with Crippen molar-refractivity contribution in [2.45, 2.75) is 20.8 Å². The first-order valence-corrected chi connectivity index (χ1v) is 5.76. The Kier molecular flexibility index (Phi) is 4.63. The highest BCUT2D eigenvalue weighted by molar-refractivity contribution is 6.02. The van der Waals surface area contributed by atoms with Crippen molar-refractivity contribution in [3.8, 4) is 0 Å². The highest BCUT2D eigenvalue weighted by Crippen LogP contribution is 2.20. The molecule has 1 aromatic heterocycles. The summed E-state index contributed by atoms with van der Waals surface area (Å²) >= 11 is 0. The lowest BCUT2D eigenvalue weighted by Crippen LogP contribution is -2.28. The molecule has 0 saturated heterocycles. The number of allylic oxidation sites excluding steroid dienone is 1. The lowest BCUT2D eigenvalue weighted by atomic mass is 9.89. The molecule has 0 radical (unpaired) electrons. The van der Waals surface area contributed by atoms with E-state index in [1.165, 1.54) is 18.2 Å². The van der Waals surface area contributed by atoms with Crippen molar-refractivity contribution < 1.29 is 14.1 Å². The van der Waals surface area contributed by atoms with Gasteiger partial charge in [-0.25, -0.2) is 10.2 Å². The van der Waals surface area contributed by atoms with Crippen molar-refractivity contribution in [1.82, 2.24) is 5.43 Å². The number of urea groups is 1. The van der Waals surface area contributed by atoms with Crippen molar-refractivity contribution in [1.29, 1.82) is 0 Å². The smallest absolute Gasteiger partial charge is 0.401 e. The number of carbonyl (C=O) groups is 1. The van der Waals surface area contributed by atoms with Gasteiger partial charge in [-0.1, -0.05) is 20.8 Å². The third-order valence-corrected chi connectivity index (χ3v) is 2.25. The number of nitrogens with zero attached hydrogens (tertiary/aromatic N) is 2. The maximum Gasteiger partial charge on any atom is 0.433 e. The lowest BCUT2D eigenvalue weighted by Gasteiger charge is -2.18. The summed E-state index contributed by atoms with van der Waals surface area (Å²) < 4.78 is 4.98. The molecule has 0 saturated carbocycles. The third-order valence-electron chi connectivity index (χ3n) is 2.25. The average molecular weight is 280 g/mol. The molecule has 0 spiro atoms. The summed E-state index contributed by atoms with van der Waals surface area (Å²) in [6, 6.07) is 1.96. The zero-order valence-electron chi connectivity index (χ0n) is 11.4.